The Balaban J connectivity index is 3.13. The molecular weight excluding hydrogens is 177 g/mol. The fraction of sp³-hybridized carbons (Fsp3) is 0.500. The third kappa shape index (κ3) is 2.32. The standard InChI is InChI=1S/C12H18FN/c1-8(2)11-7-10(4-5-14)9(3)6-12(11)13/h6-8H,4-5,14H2,1-3H3. The van der Waals surface area contributed by atoms with Crippen molar-refractivity contribution in [2.75, 3.05) is 6.54 Å². The highest BCUT2D eigenvalue weighted by Gasteiger charge is 2.09. The Bertz CT molecular complexity index is 318. The second-order valence-corrected chi connectivity index (χ2v) is 3.99. The van der Waals surface area contributed by atoms with E-state index < -0.39 is 0 Å². The fourth-order valence-corrected chi connectivity index (χ4v) is 1.60. The predicted molar refractivity (Wildman–Crippen MR) is 58.0 cm³/mol. The van der Waals surface area contributed by atoms with E-state index in [0.29, 0.717) is 6.54 Å². The lowest BCUT2D eigenvalue weighted by Gasteiger charge is -2.12. The third-order valence-corrected chi connectivity index (χ3v) is 2.49. The average Bonchev–Trinajstić information content (AvgIpc) is 2.09. The maximum Gasteiger partial charge on any atom is 0.126 e. The lowest BCUT2D eigenvalue weighted by Crippen LogP contribution is -2.06. The fourth-order valence-electron chi connectivity index (χ4n) is 1.60. The number of aryl methyl sites for hydroxylation is 1. The molecule has 1 rings (SSSR count). The van der Waals surface area contributed by atoms with Crippen LogP contribution in [0.4, 0.5) is 4.39 Å². The molecule has 2 heteroatoms. The van der Waals surface area contributed by atoms with E-state index in [1.54, 1.807) is 6.07 Å². The third-order valence-electron chi connectivity index (χ3n) is 2.49. The number of halogens is 1. The van der Waals surface area contributed by atoms with Crippen LogP contribution in [0.2, 0.25) is 0 Å². The predicted octanol–water partition coefficient (Wildman–Crippen LogP) is 2.76. The molecule has 0 spiro atoms. The van der Waals surface area contributed by atoms with Gasteiger partial charge >= 0.3 is 0 Å². The Morgan fingerprint density at radius 1 is 1.36 bits per heavy atom. The lowest BCUT2D eigenvalue weighted by atomic mass is 9.96. The van der Waals surface area contributed by atoms with Crippen molar-refractivity contribution in [1.29, 1.82) is 0 Å². The highest BCUT2D eigenvalue weighted by atomic mass is 19.1. The SMILES string of the molecule is Cc1cc(F)c(C(C)C)cc1CCN. The zero-order chi connectivity index (χ0) is 10.7. The second-order valence-electron chi connectivity index (χ2n) is 3.99. The summed E-state index contributed by atoms with van der Waals surface area (Å²) >= 11 is 0. The summed E-state index contributed by atoms with van der Waals surface area (Å²) < 4.78 is 13.5. The van der Waals surface area contributed by atoms with Crippen LogP contribution >= 0.6 is 0 Å². The molecule has 0 unspecified atom stereocenters. The van der Waals surface area contributed by atoms with E-state index in [0.717, 1.165) is 23.1 Å². The maximum absolute atomic E-state index is 13.5. The minimum absolute atomic E-state index is 0.0988. The molecule has 0 aliphatic rings. The Morgan fingerprint density at radius 2 is 2.00 bits per heavy atom. The Morgan fingerprint density at radius 3 is 2.50 bits per heavy atom. The normalized spacial score (nSPS) is 11.0. The molecule has 78 valence electrons. The van der Waals surface area contributed by atoms with Gasteiger partial charge in [0, 0.05) is 0 Å². The first-order chi connectivity index (χ1) is 6.56. The van der Waals surface area contributed by atoms with Gasteiger partial charge in [-0.15, -0.1) is 0 Å². The molecule has 0 saturated heterocycles. The van der Waals surface area contributed by atoms with Crippen molar-refractivity contribution in [1.82, 2.24) is 0 Å². The summed E-state index contributed by atoms with van der Waals surface area (Å²) in [4.78, 5) is 0. The summed E-state index contributed by atoms with van der Waals surface area (Å²) in [5.74, 6) is 0.130. The second kappa shape index (κ2) is 4.56. The van der Waals surface area contributed by atoms with Gasteiger partial charge in [-0.1, -0.05) is 19.9 Å². The van der Waals surface area contributed by atoms with Crippen molar-refractivity contribution in [3.8, 4) is 0 Å². The minimum Gasteiger partial charge on any atom is -0.330 e. The minimum atomic E-state index is -0.0988. The molecule has 1 aromatic rings. The molecule has 0 aromatic heterocycles. The maximum atomic E-state index is 13.5. The quantitative estimate of drug-likeness (QED) is 0.788. The van der Waals surface area contributed by atoms with Crippen LogP contribution in [0.3, 0.4) is 0 Å². The molecular formula is C12H18FN. The topological polar surface area (TPSA) is 26.0 Å². The molecule has 0 heterocycles. The zero-order valence-corrected chi connectivity index (χ0v) is 9.10. The largest absolute Gasteiger partial charge is 0.330 e. The van der Waals surface area contributed by atoms with Crippen molar-refractivity contribution in [2.24, 2.45) is 5.73 Å². The van der Waals surface area contributed by atoms with Gasteiger partial charge in [-0.25, -0.2) is 4.39 Å². The molecule has 0 amide bonds. The van der Waals surface area contributed by atoms with Crippen LogP contribution in [0.15, 0.2) is 12.1 Å². The first kappa shape index (κ1) is 11.2. The van der Waals surface area contributed by atoms with E-state index in [-0.39, 0.29) is 11.7 Å². The van der Waals surface area contributed by atoms with Gasteiger partial charge in [0.2, 0.25) is 0 Å². The summed E-state index contributed by atoms with van der Waals surface area (Å²) in [7, 11) is 0. The summed E-state index contributed by atoms with van der Waals surface area (Å²) in [6.07, 6.45) is 0.825. The van der Waals surface area contributed by atoms with Gasteiger partial charge in [0.15, 0.2) is 0 Å². The van der Waals surface area contributed by atoms with Gasteiger partial charge < -0.3 is 5.73 Å². The van der Waals surface area contributed by atoms with Crippen molar-refractivity contribution in [2.45, 2.75) is 33.1 Å². The van der Waals surface area contributed by atoms with Gasteiger partial charge in [-0.3, -0.25) is 0 Å². The van der Waals surface area contributed by atoms with Crippen LogP contribution in [0.1, 0.15) is 36.5 Å². The van der Waals surface area contributed by atoms with Gasteiger partial charge in [0.25, 0.3) is 0 Å². The molecule has 0 bridgehead atoms. The highest BCUT2D eigenvalue weighted by molar-refractivity contribution is 5.34. The van der Waals surface area contributed by atoms with E-state index in [2.05, 4.69) is 0 Å². The zero-order valence-electron chi connectivity index (χ0n) is 9.10. The molecule has 1 nitrogen and oxygen atoms in total. The van der Waals surface area contributed by atoms with Crippen LogP contribution in [0.5, 0.6) is 0 Å². The number of benzene rings is 1. The molecule has 0 fully saturated rings. The molecule has 0 aliphatic carbocycles. The number of nitrogens with two attached hydrogens (primary N) is 1. The van der Waals surface area contributed by atoms with Crippen molar-refractivity contribution < 1.29 is 4.39 Å². The van der Waals surface area contributed by atoms with E-state index in [9.17, 15) is 4.39 Å². The van der Waals surface area contributed by atoms with E-state index >= 15 is 0 Å². The summed E-state index contributed by atoms with van der Waals surface area (Å²) in [6.45, 7) is 6.54. The number of rotatable bonds is 3. The summed E-state index contributed by atoms with van der Waals surface area (Å²) in [6, 6.07) is 3.56. The first-order valence-electron chi connectivity index (χ1n) is 5.05. The van der Waals surface area contributed by atoms with E-state index in [1.807, 2.05) is 26.8 Å². The molecule has 0 atom stereocenters. The van der Waals surface area contributed by atoms with Crippen molar-refractivity contribution >= 4 is 0 Å². The van der Waals surface area contributed by atoms with Gasteiger partial charge in [0.1, 0.15) is 5.82 Å². The number of hydrogen-bond acceptors (Lipinski definition) is 1. The van der Waals surface area contributed by atoms with Crippen LogP contribution < -0.4 is 5.73 Å². The van der Waals surface area contributed by atoms with Gasteiger partial charge in [-0.2, -0.15) is 0 Å². The van der Waals surface area contributed by atoms with Crippen LogP contribution in [-0.4, -0.2) is 6.54 Å². The number of hydrogen-bond donors (Lipinski definition) is 1. The average molecular weight is 195 g/mol. The van der Waals surface area contributed by atoms with Crippen LogP contribution in [0.25, 0.3) is 0 Å². The van der Waals surface area contributed by atoms with Crippen molar-refractivity contribution in [3.63, 3.8) is 0 Å². The lowest BCUT2D eigenvalue weighted by molar-refractivity contribution is 0.595. The van der Waals surface area contributed by atoms with Gasteiger partial charge in [0.05, 0.1) is 0 Å². The van der Waals surface area contributed by atoms with Crippen molar-refractivity contribution in [3.05, 3.63) is 34.6 Å². The van der Waals surface area contributed by atoms with Crippen LogP contribution in [0, 0.1) is 12.7 Å². The summed E-state index contributed by atoms with van der Waals surface area (Å²) in [5, 5.41) is 0. The highest BCUT2D eigenvalue weighted by Crippen LogP contribution is 2.22. The monoisotopic (exact) mass is 195 g/mol. The van der Waals surface area contributed by atoms with Crippen LogP contribution in [-0.2, 0) is 6.42 Å². The molecule has 2 N–H and O–H groups in total. The van der Waals surface area contributed by atoms with E-state index in [4.69, 9.17) is 5.73 Å². The Hall–Kier alpha value is -0.890. The molecule has 0 radical (unpaired) electrons. The Kier molecular flexibility index (Phi) is 3.64. The molecule has 1 aromatic carbocycles. The summed E-state index contributed by atoms with van der Waals surface area (Å²) in [5.41, 5.74) is 8.45. The van der Waals surface area contributed by atoms with E-state index in [1.165, 1.54) is 0 Å². The smallest absolute Gasteiger partial charge is 0.126 e. The molecule has 0 saturated carbocycles. The van der Waals surface area contributed by atoms with Gasteiger partial charge in [-0.05, 0) is 48.6 Å². The molecule has 14 heavy (non-hydrogen) atoms. The Labute approximate surface area is 85.1 Å². The first-order valence-corrected chi connectivity index (χ1v) is 5.05. The molecule has 0 aliphatic heterocycles.